The van der Waals surface area contributed by atoms with Gasteiger partial charge in [0.15, 0.2) is 11.3 Å². The van der Waals surface area contributed by atoms with Gasteiger partial charge in [0.2, 0.25) is 0 Å². The highest BCUT2D eigenvalue weighted by Gasteiger charge is 2.58. The van der Waals surface area contributed by atoms with Crippen molar-refractivity contribution in [2.24, 2.45) is 0 Å². The van der Waals surface area contributed by atoms with E-state index < -0.39 is 29.5 Å². The van der Waals surface area contributed by atoms with Crippen LogP contribution in [-0.4, -0.2) is 27.7 Å². The Labute approximate surface area is 192 Å². The largest absolute Gasteiger partial charge is 0.496 e. The van der Waals surface area contributed by atoms with Gasteiger partial charge in [-0.25, -0.2) is 4.98 Å². The first-order chi connectivity index (χ1) is 16.2. The Balaban J connectivity index is 1.93. The molecule has 12 heteroatoms. The van der Waals surface area contributed by atoms with Gasteiger partial charge in [-0.1, -0.05) is 18.2 Å². The van der Waals surface area contributed by atoms with Gasteiger partial charge < -0.3 is 4.74 Å². The summed E-state index contributed by atoms with van der Waals surface area (Å²) < 4.78 is 114. The van der Waals surface area contributed by atoms with Crippen LogP contribution in [0.5, 0.6) is 5.75 Å². The second kappa shape index (κ2) is 8.21. The summed E-state index contributed by atoms with van der Waals surface area (Å²) in [6.07, 6.45) is -8.57. The molecule has 0 unspecified atom stereocenters. The average Bonchev–Trinajstić information content (AvgIpc) is 3.18. The predicted molar refractivity (Wildman–Crippen MR) is 110 cm³/mol. The van der Waals surface area contributed by atoms with Crippen LogP contribution in [0.25, 0.3) is 28.2 Å². The van der Waals surface area contributed by atoms with Gasteiger partial charge in [-0.2, -0.15) is 35.1 Å². The van der Waals surface area contributed by atoms with E-state index in [0.717, 1.165) is 22.9 Å². The zero-order valence-corrected chi connectivity index (χ0v) is 18.0. The second-order valence-electron chi connectivity index (χ2n) is 7.64. The fraction of sp³-hybridized carbons (Fsp3) is 0.217. The molecule has 2 aromatic carbocycles. The molecule has 4 rings (SSSR count). The van der Waals surface area contributed by atoms with Crippen molar-refractivity contribution in [2.45, 2.75) is 25.2 Å². The Morgan fingerprint density at radius 2 is 1.60 bits per heavy atom. The number of hydrogen-bond donors (Lipinski definition) is 0. The molecule has 35 heavy (non-hydrogen) atoms. The number of alkyl halides is 8. The van der Waals surface area contributed by atoms with E-state index in [2.05, 4.69) is 9.97 Å². The lowest BCUT2D eigenvalue weighted by Crippen LogP contribution is -2.33. The zero-order chi connectivity index (χ0) is 25.8. The monoisotopic (exact) mass is 501 g/mol. The summed E-state index contributed by atoms with van der Waals surface area (Å²) in [5.41, 5.74) is -2.67. The Morgan fingerprint density at radius 1 is 0.886 bits per heavy atom. The molecule has 0 saturated carbocycles. The number of ether oxygens (including phenoxy) is 1. The van der Waals surface area contributed by atoms with Gasteiger partial charge in [-0.3, -0.25) is 9.38 Å². The van der Waals surface area contributed by atoms with Crippen molar-refractivity contribution in [1.29, 1.82) is 0 Å². The molecule has 0 aliphatic rings. The molecule has 0 saturated heterocycles. The number of halogens is 8. The molecule has 0 aliphatic heterocycles. The van der Waals surface area contributed by atoms with E-state index in [4.69, 9.17) is 4.74 Å². The molecular formula is C23H15F8N3O. The number of aryl methyl sites for hydroxylation is 1. The van der Waals surface area contributed by atoms with E-state index >= 15 is 0 Å². The van der Waals surface area contributed by atoms with E-state index in [0.29, 0.717) is 23.4 Å². The fourth-order valence-electron chi connectivity index (χ4n) is 3.64. The zero-order valence-electron chi connectivity index (χ0n) is 18.0. The SMILES string of the molecule is COc1ccc(-c2c(C(F)(F)F)nc3cnc(-c4cccc(C(F)(F)C(F)(F)F)c4)cn23)cc1C. The summed E-state index contributed by atoms with van der Waals surface area (Å²) in [5.74, 6) is -4.68. The van der Waals surface area contributed by atoms with E-state index in [9.17, 15) is 35.1 Å². The van der Waals surface area contributed by atoms with Crippen molar-refractivity contribution in [3.63, 3.8) is 0 Å². The average molecular weight is 501 g/mol. The summed E-state index contributed by atoms with van der Waals surface area (Å²) in [6, 6.07) is 7.76. The third-order valence-corrected chi connectivity index (χ3v) is 5.32. The van der Waals surface area contributed by atoms with Gasteiger partial charge >= 0.3 is 18.3 Å². The topological polar surface area (TPSA) is 39.4 Å². The maximum Gasteiger partial charge on any atom is 0.458 e. The van der Waals surface area contributed by atoms with Crippen LogP contribution in [0.4, 0.5) is 35.1 Å². The van der Waals surface area contributed by atoms with Crippen LogP contribution in [0, 0.1) is 6.92 Å². The van der Waals surface area contributed by atoms with Crippen molar-refractivity contribution in [1.82, 2.24) is 14.4 Å². The van der Waals surface area contributed by atoms with Crippen molar-refractivity contribution in [3.05, 3.63) is 71.7 Å². The molecular weight excluding hydrogens is 486 g/mol. The van der Waals surface area contributed by atoms with Crippen molar-refractivity contribution >= 4 is 5.65 Å². The number of hydrogen-bond acceptors (Lipinski definition) is 3. The molecule has 184 valence electrons. The number of benzene rings is 2. The summed E-state index contributed by atoms with van der Waals surface area (Å²) >= 11 is 0. The highest BCUT2D eigenvalue weighted by molar-refractivity contribution is 5.71. The molecule has 0 amide bonds. The third-order valence-electron chi connectivity index (χ3n) is 5.32. The molecule has 0 atom stereocenters. The Morgan fingerprint density at radius 3 is 2.20 bits per heavy atom. The maximum atomic E-state index is 13.8. The van der Waals surface area contributed by atoms with E-state index in [1.807, 2.05) is 0 Å². The highest BCUT2D eigenvalue weighted by Crippen LogP contribution is 2.44. The van der Waals surface area contributed by atoms with E-state index in [-0.39, 0.29) is 28.2 Å². The number of aromatic nitrogens is 3. The van der Waals surface area contributed by atoms with E-state index in [1.54, 1.807) is 6.92 Å². The standard InChI is InChI=1S/C23H15F8N3O/c1-12-8-14(6-7-17(12)35-2)19-20(22(26,27)28)33-18-10-32-16(11-34(18)19)13-4-3-5-15(9-13)21(24,25)23(29,30)31/h3-11H,1-2H3. The molecule has 2 heterocycles. The number of fused-ring (bicyclic) bond motifs is 1. The van der Waals surface area contributed by atoms with Crippen LogP contribution in [0.1, 0.15) is 16.8 Å². The molecule has 0 fully saturated rings. The van der Waals surface area contributed by atoms with Crippen LogP contribution in [0.15, 0.2) is 54.9 Å². The molecule has 4 aromatic rings. The van der Waals surface area contributed by atoms with Gasteiger partial charge in [0, 0.05) is 22.9 Å². The molecule has 0 bridgehead atoms. The Kier molecular flexibility index (Phi) is 5.73. The second-order valence-corrected chi connectivity index (χ2v) is 7.64. The first kappa shape index (κ1) is 24.4. The van der Waals surface area contributed by atoms with Gasteiger partial charge in [-0.15, -0.1) is 0 Å². The molecule has 0 aliphatic carbocycles. The number of imidazole rings is 1. The Bertz CT molecular complexity index is 1410. The first-order valence-electron chi connectivity index (χ1n) is 9.90. The number of nitrogens with zero attached hydrogens (tertiary/aromatic N) is 3. The fourth-order valence-corrected chi connectivity index (χ4v) is 3.64. The smallest absolute Gasteiger partial charge is 0.458 e. The number of methoxy groups -OCH3 is 1. The van der Waals surface area contributed by atoms with Gasteiger partial charge in [0.25, 0.3) is 0 Å². The van der Waals surface area contributed by atoms with Crippen LogP contribution >= 0.6 is 0 Å². The number of rotatable bonds is 4. The van der Waals surface area contributed by atoms with Crippen molar-refractivity contribution < 1.29 is 39.9 Å². The molecule has 2 aromatic heterocycles. The van der Waals surface area contributed by atoms with Crippen LogP contribution < -0.4 is 4.74 Å². The Hall–Kier alpha value is -3.70. The minimum Gasteiger partial charge on any atom is -0.496 e. The van der Waals surface area contributed by atoms with Crippen LogP contribution in [0.3, 0.4) is 0 Å². The summed E-state index contributed by atoms with van der Waals surface area (Å²) in [7, 11) is 1.41. The third kappa shape index (κ3) is 4.28. The first-order valence-corrected chi connectivity index (χ1v) is 9.90. The molecule has 4 nitrogen and oxygen atoms in total. The lowest BCUT2D eigenvalue weighted by Gasteiger charge is -2.20. The highest BCUT2D eigenvalue weighted by atomic mass is 19.4. The molecule has 0 spiro atoms. The van der Waals surface area contributed by atoms with Crippen LogP contribution in [-0.2, 0) is 12.1 Å². The minimum absolute atomic E-state index is 0.130. The van der Waals surface area contributed by atoms with Crippen molar-refractivity contribution in [2.75, 3.05) is 7.11 Å². The molecule has 0 radical (unpaired) electrons. The predicted octanol–water partition coefficient (Wildman–Crippen LogP) is 7.05. The summed E-state index contributed by atoms with van der Waals surface area (Å²) in [4.78, 5) is 7.57. The lowest BCUT2D eigenvalue weighted by atomic mass is 10.0. The van der Waals surface area contributed by atoms with Gasteiger partial charge in [-0.05, 0) is 36.8 Å². The quantitative estimate of drug-likeness (QED) is 0.281. The van der Waals surface area contributed by atoms with Crippen LogP contribution in [0.2, 0.25) is 0 Å². The normalized spacial score (nSPS) is 12.9. The minimum atomic E-state index is -5.83. The van der Waals surface area contributed by atoms with Gasteiger partial charge in [0.05, 0.1) is 24.7 Å². The summed E-state index contributed by atoms with van der Waals surface area (Å²) in [6.45, 7) is 1.64. The molecule has 0 N–H and O–H groups in total. The van der Waals surface area contributed by atoms with Gasteiger partial charge in [0.1, 0.15) is 5.75 Å². The summed E-state index contributed by atoms with van der Waals surface area (Å²) in [5, 5.41) is 0. The van der Waals surface area contributed by atoms with E-state index in [1.165, 1.54) is 31.4 Å². The van der Waals surface area contributed by atoms with Crippen molar-refractivity contribution in [3.8, 4) is 28.3 Å². The lowest BCUT2D eigenvalue weighted by molar-refractivity contribution is -0.289. The maximum absolute atomic E-state index is 13.8.